The molecule has 17 heavy (non-hydrogen) atoms. The Morgan fingerprint density at radius 1 is 0.941 bits per heavy atom. The van der Waals surface area contributed by atoms with Crippen LogP contribution in [-0.4, -0.2) is 13.1 Å². The lowest BCUT2D eigenvalue weighted by molar-refractivity contribution is 1.27. The molecule has 0 radical (unpaired) electrons. The molecule has 0 aliphatic rings. The summed E-state index contributed by atoms with van der Waals surface area (Å²) < 4.78 is 0. The van der Waals surface area contributed by atoms with E-state index < -0.39 is 8.07 Å². The van der Waals surface area contributed by atoms with Crippen LogP contribution in [0.2, 0.25) is 19.6 Å². The largest absolute Gasteiger partial charge is 0.256 e. The van der Waals surface area contributed by atoms with Gasteiger partial charge in [0.25, 0.3) is 0 Å². The standard InChI is InChI=1S/C15H19NSi/c1-12-8-7-11-16-15(12)13-9-5-6-10-14(13)17(2,3)4/h5-11H,1-4H3. The Bertz CT molecular complexity index is 526. The van der Waals surface area contributed by atoms with Crippen LogP contribution in [0.15, 0.2) is 42.6 Å². The first-order valence-electron chi connectivity index (χ1n) is 6.01. The topological polar surface area (TPSA) is 12.9 Å². The molecule has 1 aromatic carbocycles. The van der Waals surface area contributed by atoms with Gasteiger partial charge in [0.2, 0.25) is 0 Å². The van der Waals surface area contributed by atoms with E-state index in [9.17, 15) is 0 Å². The highest BCUT2D eigenvalue weighted by molar-refractivity contribution is 6.89. The van der Waals surface area contributed by atoms with Crippen molar-refractivity contribution in [3.05, 3.63) is 48.2 Å². The molecule has 0 aliphatic heterocycles. The number of aryl methyl sites for hydroxylation is 1. The molecular formula is C15H19NSi. The molecule has 0 amide bonds. The molecular weight excluding hydrogens is 222 g/mol. The molecule has 0 atom stereocenters. The van der Waals surface area contributed by atoms with Crippen molar-refractivity contribution in [3.63, 3.8) is 0 Å². The third-order valence-electron chi connectivity index (χ3n) is 3.00. The number of pyridine rings is 1. The first-order chi connectivity index (χ1) is 8.00. The van der Waals surface area contributed by atoms with Gasteiger partial charge < -0.3 is 0 Å². The lowest BCUT2D eigenvalue weighted by Crippen LogP contribution is -2.39. The molecule has 1 heterocycles. The Kier molecular flexibility index (Phi) is 3.16. The number of aromatic nitrogens is 1. The van der Waals surface area contributed by atoms with Gasteiger partial charge in [-0.1, -0.05) is 55.2 Å². The third-order valence-corrected chi connectivity index (χ3v) is 5.05. The highest BCUT2D eigenvalue weighted by Gasteiger charge is 2.21. The summed E-state index contributed by atoms with van der Waals surface area (Å²) >= 11 is 0. The van der Waals surface area contributed by atoms with E-state index in [-0.39, 0.29) is 0 Å². The van der Waals surface area contributed by atoms with Gasteiger partial charge in [-0.25, -0.2) is 0 Å². The highest BCUT2D eigenvalue weighted by atomic mass is 28.3. The van der Waals surface area contributed by atoms with E-state index in [1.165, 1.54) is 16.3 Å². The maximum absolute atomic E-state index is 4.54. The van der Waals surface area contributed by atoms with E-state index in [0.717, 1.165) is 5.69 Å². The van der Waals surface area contributed by atoms with Crippen molar-refractivity contribution < 1.29 is 0 Å². The fourth-order valence-corrected chi connectivity index (χ4v) is 3.72. The first kappa shape index (κ1) is 12.1. The Labute approximate surface area is 105 Å². The number of hydrogen-bond donors (Lipinski definition) is 0. The summed E-state index contributed by atoms with van der Waals surface area (Å²) in [7, 11) is -1.32. The molecule has 0 N–H and O–H groups in total. The SMILES string of the molecule is Cc1cccnc1-c1ccccc1[Si](C)(C)C. The third kappa shape index (κ3) is 2.47. The van der Waals surface area contributed by atoms with Crippen molar-refractivity contribution in [3.8, 4) is 11.3 Å². The number of nitrogens with zero attached hydrogens (tertiary/aromatic N) is 1. The van der Waals surface area contributed by atoms with Gasteiger partial charge >= 0.3 is 0 Å². The second kappa shape index (κ2) is 4.45. The molecule has 2 rings (SSSR count). The Hall–Kier alpha value is -1.41. The molecule has 0 saturated carbocycles. The summed E-state index contributed by atoms with van der Waals surface area (Å²) in [4.78, 5) is 4.54. The summed E-state index contributed by atoms with van der Waals surface area (Å²) in [5.74, 6) is 0. The maximum atomic E-state index is 4.54. The molecule has 0 unspecified atom stereocenters. The van der Waals surface area contributed by atoms with Gasteiger partial charge in [-0.05, 0) is 24.1 Å². The van der Waals surface area contributed by atoms with Crippen molar-refractivity contribution in [1.82, 2.24) is 4.98 Å². The first-order valence-corrected chi connectivity index (χ1v) is 9.51. The average molecular weight is 241 g/mol. The van der Waals surface area contributed by atoms with E-state index >= 15 is 0 Å². The van der Waals surface area contributed by atoms with Gasteiger partial charge in [-0.15, -0.1) is 0 Å². The zero-order chi connectivity index (χ0) is 12.5. The van der Waals surface area contributed by atoms with Crippen LogP contribution in [-0.2, 0) is 0 Å². The normalized spacial score (nSPS) is 11.5. The molecule has 1 nitrogen and oxygen atoms in total. The van der Waals surface area contributed by atoms with Crippen LogP contribution < -0.4 is 5.19 Å². The van der Waals surface area contributed by atoms with Crippen LogP contribution in [0.4, 0.5) is 0 Å². The summed E-state index contributed by atoms with van der Waals surface area (Å²) in [5.41, 5.74) is 3.69. The molecule has 1 aromatic heterocycles. The van der Waals surface area contributed by atoms with E-state index in [1.54, 1.807) is 0 Å². The lowest BCUT2D eigenvalue weighted by atomic mass is 10.1. The Morgan fingerprint density at radius 3 is 2.29 bits per heavy atom. The fourth-order valence-electron chi connectivity index (χ4n) is 2.11. The molecule has 0 saturated heterocycles. The van der Waals surface area contributed by atoms with Gasteiger partial charge in [-0.3, -0.25) is 4.98 Å². The van der Waals surface area contributed by atoms with Crippen LogP contribution in [0.5, 0.6) is 0 Å². The van der Waals surface area contributed by atoms with Gasteiger partial charge in [0.1, 0.15) is 0 Å². The van der Waals surface area contributed by atoms with Gasteiger partial charge in [0.15, 0.2) is 0 Å². The highest BCUT2D eigenvalue weighted by Crippen LogP contribution is 2.21. The van der Waals surface area contributed by atoms with Gasteiger partial charge in [0, 0.05) is 6.20 Å². The maximum Gasteiger partial charge on any atom is 0.0784 e. The van der Waals surface area contributed by atoms with Crippen molar-refractivity contribution in [2.24, 2.45) is 0 Å². The Balaban J connectivity index is 2.65. The Morgan fingerprint density at radius 2 is 1.65 bits per heavy atom. The molecule has 88 valence electrons. The molecule has 0 bridgehead atoms. The van der Waals surface area contributed by atoms with Crippen LogP contribution in [0.25, 0.3) is 11.3 Å². The zero-order valence-corrected chi connectivity index (χ0v) is 12.0. The summed E-state index contributed by atoms with van der Waals surface area (Å²) in [5, 5.41) is 1.49. The molecule has 0 spiro atoms. The molecule has 2 heteroatoms. The van der Waals surface area contributed by atoms with E-state index in [4.69, 9.17) is 0 Å². The average Bonchev–Trinajstić information content (AvgIpc) is 2.28. The minimum Gasteiger partial charge on any atom is -0.256 e. The monoisotopic (exact) mass is 241 g/mol. The molecule has 0 aliphatic carbocycles. The second-order valence-electron chi connectivity index (χ2n) is 5.46. The molecule has 2 aromatic rings. The van der Waals surface area contributed by atoms with E-state index in [1.807, 2.05) is 12.3 Å². The van der Waals surface area contributed by atoms with Crippen LogP contribution in [0.3, 0.4) is 0 Å². The van der Waals surface area contributed by atoms with E-state index in [0.29, 0.717) is 0 Å². The fraction of sp³-hybridized carbons (Fsp3) is 0.267. The van der Waals surface area contributed by atoms with E-state index in [2.05, 4.69) is 61.9 Å². The quantitative estimate of drug-likeness (QED) is 0.732. The smallest absolute Gasteiger partial charge is 0.0784 e. The van der Waals surface area contributed by atoms with Crippen molar-refractivity contribution in [2.45, 2.75) is 26.6 Å². The summed E-state index contributed by atoms with van der Waals surface area (Å²) in [6, 6.07) is 12.8. The van der Waals surface area contributed by atoms with Gasteiger partial charge in [0.05, 0.1) is 13.8 Å². The van der Waals surface area contributed by atoms with Crippen LogP contribution in [0.1, 0.15) is 5.56 Å². The summed E-state index contributed by atoms with van der Waals surface area (Å²) in [6.07, 6.45) is 1.88. The van der Waals surface area contributed by atoms with Crippen molar-refractivity contribution in [1.29, 1.82) is 0 Å². The predicted molar refractivity (Wildman–Crippen MR) is 77.4 cm³/mol. The van der Waals surface area contributed by atoms with Crippen molar-refractivity contribution >= 4 is 13.3 Å². The number of rotatable bonds is 2. The molecule has 0 fully saturated rings. The van der Waals surface area contributed by atoms with Gasteiger partial charge in [-0.2, -0.15) is 0 Å². The lowest BCUT2D eigenvalue weighted by Gasteiger charge is -2.21. The zero-order valence-electron chi connectivity index (χ0n) is 11.0. The van der Waals surface area contributed by atoms with Crippen LogP contribution >= 0.6 is 0 Å². The van der Waals surface area contributed by atoms with Crippen molar-refractivity contribution in [2.75, 3.05) is 0 Å². The minimum atomic E-state index is -1.32. The predicted octanol–water partition coefficient (Wildman–Crippen LogP) is 3.60. The second-order valence-corrected chi connectivity index (χ2v) is 10.5. The number of benzene rings is 1. The van der Waals surface area contributed by atoms with Crippen LogP contribution in [0, 0.1) is 6.92 Å². The summed E-state index contributed by atoms with van der Waals surface area (Å²) in [6.45, 7) is 9.27. The minimum absolute atomic E-state index is 1.13. The number of hydrogen-bond acceptors (Lipinski definition) is 1.